The van der Waals surface area contributed by atoms with E-state index in [0.29, 0.717) is 25.4 Å². The van der Waals surface area contributed by atoms with Gasteiger partial charge in [-0.1, -0.05) is 103 Å². The van der Waals surface area contributed by atoms with Crippen molar-refractivity contribution in [2.45, 2.75) is 13.5 Å². The molecule has 0 N–H and O–H groups in total. The van der Waals surface area contributed by atoms with Crippen LogP contribution in [-0.4, -0.2) is 81.7 Å². The van der Waals surface area contributed by atoms with Gasteiger partial charge in [0.2, 0.25) is 0 Å². The minimum atomic E-state index is -0.392. The van der Waals surface area contributed by atoms with Crippen LogP contribution in [0.25, 0.3) is 45.4 Å². The van der Waals surface area contributed by atoms with Crippen LogP contribution in [0.1, 0.15) is 16.8 Å². The second-order valence-corrected chi connectivity index (χ2v) is 13.6. The molecule has 1 aliphatic rings. The van der Waals surface area contributed by atoms with Crippen molar-refractivity contribution in [3.8, 4) is 39.4 Å². The molecule has 1 saturated heterocycles. The third-order valence-corrected chi connectivity index (χ3v) is 9.96. The molecule has 276 valence electrons. The van der Waals surface area contributed by atoms with Gasteiger partial charge in [-0.05, 0) is 36.3 Å². The fourth-order valence-corrected chi connectivity index (χ4v) is 7.17. The Kier molecular flexibility index (Phi) is 10.5. The highest BCUT2D eigenvalue weighted by Gasteiger charge is 2.24. The summed E-state index contributed by atoms with van der Waals surface area (Å²) in [6.45, 7) is 6.86. The van der Waals surface area contributed by atoms with E-state index >= 15 is 0 Å². The molecule has 4 aromatic carbocycles. The molecular formula is C45H43N7O3. The van der Waals surface area contributed by atoms with Gasteiger partial charge in [-0.15, -0.1) is 0 Å². The topological polar surface area (TPSA) is 90.0 Å². The maximum Gasteiger partial charge on any atom is 0.330 e. The molecule has 0 amide bonds. The normalized spacial score (nSPS) is 13.5. The molecule has 10 nitrogen and oxygen atoms in total. The highest BCUT2D eigenvalue weighted by atomic mass is 16.5. The maximum absolute atomic E-state index is 13.0. The molecule has 0 saturated carbocycles. The second-order valence-electron chi connectivity index (χ2n) is 13.6. The summed E-state index contributed by atoms with van der Waals surface area (Å²) in [4.78, 5) is 22.8. The van der Waals surface area contributed by atoms with Crippen molar-refractivity contribution < 1.29 is 14.3 Å². The van der Waals surface area contributed by atoms with Crippen molar-refractivity contribution in [2.24, 2.45) is 0 Å². The lowest BCUT2D eigenvalue weighted by Crippen LogP contribution is -2.48. The molecule has 0 unspecified atom stereocenters. The van der Waals surface area contributed by atoms with E-state index in [4.69, 9.17) is 24.7 Å². The number of aromatic nitrogens is 5. The first kappa shape index (κ1) is 35.5. The number of anilines is 1. The Morgan fingerprint density at radius 1 is 0.800 bits per heavy atom. The van der Waals surface area contributed by atoms with Crippen LogP contribution in [-0.2, 0) is 16.1 Å². The first-order valence-electron chi connectivity index (χ1n) is 18.6. The zero-order chi connectivity index (χ0) is 37.6. The van der Waals surface area contributed by atoms with Gasteiger partial charge >= 0.3 is 5.97 Å². The number of hydrogen-bond donors (Lipinski definition) is 0. The van der Waals surface area contributed by atoms with Gasteiger partial charge in [0.1, 0.15) is 23.9 Å². The van der Waals surface area contributed by atoms with Crippen molar-refractivity contribution in [3.63, 3.8) is 0 Å². The Balaban J connectivity index is 0.929. The Morgan fingerprint density at radius 2 is 1.47 bits per heavy atom. The molecule has 0 bridgehead atoms. The monoisotopic (exact) mass is 729 g/mol. The summed E-state index contributed by atoms with van der Waals surface area (Å²) in [5, 5.41) is 9.88. The standard InChI is InChI=1S/C45H43N7O3/c1-33-43(36-18-10-5-11-19-36)45-46-39(35-16-8-4-9-17-35)30-41(52(45)47-33)50-26-24-49(25-27-50)28-29-55-42(53)23-22-37-32-51(31-34-14-6-3-7-15-34)48-44(37)38-20-12-13-21-40(38)54-2/h3-23,30,32H,24-29,31H2,1-2H3/b23-22+. The number of aryl methyl sites for hydroxylation is 1. The van der Waals surface area contributed by atoms with Gasteiger partial charge < -0.3 is 14.4 Å². The van der Waals surface area contributed by atoms with Crippen molar-refractivity contribution >= 4 is 23.5 Å². The second kappa shape index (κ2) is 16.2. The summed E-state index contributed by atoms with van der Waals surface area (Å²) < 4.78 is 15.2. The number of fused-ring (bicyclic) bond motifs is 1. The van der Waals surface area contributed by atoms with E-state index in [2.05, 4.69) is 71.3 Å². The Hall–Kier alpha value is -6.52. The number of piperazine rings is 1. The average Bonchev–Trinajstić information content (AvgIpc) is 3.80. The third-order valence-electron chi connectivity index (χ3n) is 9.96. The smallest absolute Gasteiger partial charge is 0.330 e. The quantitative estimate of drug-likeness (QED) is 0.0936. The lowest BCUT2D eigenvalue weighted by atomic mass is 10.1. The molecular weight excluding hydrogens is 687 g/mol. The van der Waals surface area contributed by atoms with E-state index in [-0.39, 0.29) is 0 Å². The van der Waals surface area contributed by atoms with Crippen molar-refractivity contribution in [2.75, 3.05) is 51.3 Å². The van der Waals surface area contributed by atoms with Crippen LogP contribution in [0.3, 0.4) is 0 Å². The Bertz CT molecular complexity index is 2420. The fourth-order valence-electron chi connectivity index (χ4n) is 7.17. The summed E-state index contributed by atoms with van der Waals surface area (Å²) in [6, 6.07) is 40.7. The lowest BCUT2D eigenvalue weighted by molar-refractivity contribution is -0.138. The van der Waals surface area contributed by atoms with E-state index in [1.165, 1.54) is 6.08 Å². The van der Waals surface area contributed by atoms with Crippen LogP contribution >= 0.6 is 0 Å². The van der Waals surface area contributed by atoms with E-state index < -0.39 is 5.97 Å². The van der Waals surface area contributed by atoms with E-state index in [0.717, 1.165) is 88.1 Å². The van der Waals surface area contributed by atoms with Crippen LogP contribution in [0.5, 0.6) is 5.75 Å². The molecule has 0 atom stereocenters. The van der Waals surface area contributed by atoms with Crippen LogP contribution in [0.4, 0.5) is 5.82 Å². The predicted molar refractivity (Wildman–Crippen MR) is 217 cm³/mol. The molecule has 1 aliphatic heterocycles. The molecule has 0 radical (unpaired) electrons. The van der Waals surface area contributed by atoms with Crippen molar-refractivity contribution in [3.05, 3.63) is 150 Å². The highest BCUT2D eigenvalue weighted by Crippen LogP contribution is 2.34. The van der Waals surface area contributed by atoms with Crippen LogP contribution in [0.15, 0.2) is 134 Å². The van der Waals surface area contributed by atoms with Gasteiger partial charge in [0, 0.05) is 73.3 Å². The minimum Gasteiger partial charge on any atom is -0.496 e. The fraction of sp³-hybridized carbons (Fsp3) is 0.200. The number of benzene rings is 4. The molecule has 7 aromatic rings. The predicted octanol–water partition coefficient (Wildman–Crippen LogP) is 7.67. The first-order valence-corrected chi connectivity index (χ1v) is 18.6. The lowest BCUT2D eigenvalue weighted by Gasteiger charge is -2.35. The SMILES string of the molecule is COc1ccccc1-c1nn(Cc2ccccc2)cc1/C=C/C(=O)OCCN1CCN(c2cc(-c3ccccc3)nc3c(-c4ccccc4)c(C)nn23)CC1. The van der Waals surface area contributed by atoms with Gasteiger partial charge in [0.05, 0.1) is 25.0 Å². The van der Waals surface area contributed by atoms with Gasteiger partial charge in [-0.3, -0.25) is 9.58 Å². The van der Waals surface area contributed by atoms with Crippen molar-refractivity contribution in [1.82, 2.24) is 29.3 Å². The maximum atomic E-state index is 13.0. The number of nitrogens with zero attached hydrogens (tertiary/aromatic N) is 7. The molecule has 55 heavy (non-hydrogen) atoms. The zero-order valence-corrected chi connectivity index (χ0v) is 31.1. The van der Waals surface area contributed by atoms with Crippen molar-refractivity contribution in [1.29, 1.82) is 0 Å². The number of carbonyl (C=O) groups is 1. The number of ether oxygens (including phenoxy) is 2. The molecule has 4 heterocycles. The molecule has 0 spiro atoms. The summed E-state index contributed by atoms with van der Waals surface area (Å²) in [5.74, 6) is 1.34. The van der Waals surface area contributed by atoms with Crippen LogP contribution in [0, 0.1) is 6.92 Å². The summed E-state index contributed by atoms with van der Waals surface area (Å²) in [7, 11) is 1.65. The number of methoxy groups -OCH3 is 1. The van der Waals surface area contributed by atoms with Gasteiger partial charge in [-0.25, -0.2) is 9.78 Å². The number of para-hydroxylation sites is 1. The minimum absolute atomic E-state index is 0.298. The highest BCUT2D eigenvalue weighted by molar-refractivity contribution is 5.89. The number of rotatable bonds is 12. The molecule has 10 heteroatoms. The van der Waals surface area contributed by atoms with E-state index in [9.17, 15) is 4.79 Å². The van der Waals surface area contributed by atoms with Gasteiger partial charge in [0.25, 0.3) is 0 Å². The molecule has 8 rings (SSSR count). The van der Waals surface area contributed by atoms with E-state index in [1.807, 2.05) is 82.1 Å². The number of carbonyl (C=O) groups excluding carboxylic acids is 1. The number of hydrogen-bond acceptors (Lipinski definition) is 8. The molecule has 3 aromatic heterocycles. The van der Waals surface area contributed by atoms with Crippen LogP contribution < -0.4 is 9.64 Å². The van der Waals surface area contributed by atoms with Gasteiger partial charge in [0.15, 0.2) is 5.65 Å². The molecule has 1 fully saturated rings. The average molecular weight is 730 g/mol. The Morgan fingerprint density at radius 3 is 2.20 bits per heavy atom. The number of esters is 1. The summed E-state index contributed by atoms with van der Waals surface area (Å²) in [6.07, 6.45) is 5.21. The summed E-state index contributed by atoms with van der Waals surface area (Å²) in [5.41, 5.74) is 9.44. The zero-order valence-electron chi connectivity index (χ0n) is 31.1. The van der Waals surface area contributed by atoms with E-state index in [1.54, 1.807) is 13.2 Å². The third kappa shape index (κ3) is 7.90. The molecule has 0 aliphatic carbocycles. The largest absolute Gasteiger partial charge is 0.496 e. The van der Waals surface area contributed by atoms with Gasteiger partial charge in [-0.2, -0.15) is 14.7 Å². The Labute approximate surface area is 320 Å². The summed E-state index contributed by atoms with van der Waals surface area (Å²) >= 11 is 0. The first-order chi connectivity index (χ1) is 27.0. The van der Waals surface area contributed by atoms with Crippen LogP contribution in [0.2, 0.25) is 0 Å².